The number of carbonyl (C=O) groups excluding carboxylic acids is 2. The van der Waals surface area contributed by atoms with E-state index in [1.165, 1.54) is 37.0 Å². The number of hydrogen-bond donors (Lipinski definition) is 2. The van der Waals surface area contributed by atoms with E-state index in [0.717, 1.165) is 5.01 Å². The van der Waals surface area contributed by atoms with Gasteiger partial charge in [-0.05, 0) is 0 Å². The van der Waals surface area contributed by atoms with Crippen molar-refractivity contribution in [2.75, 3.05) is 19.0 Å². The summed E-state index contributed by atoms with van der Waals surface area (Å²) in [6.07, 6.45) is 4.97. The fraction of sp³-hybridized carbons (Fsp3) is 0.250. The molecule has 2 aromatic heterocycles. The summed E-state index contributed by atoms with van der Waals surface area (Å²) in [4.78, 5) is 34.7. The zero-order valence-corrected chi connectivity index (χ0v) is 12.0. The van der Waals surface area contributed by atoms with Gasteiger partial charge in [-0.3, -0.25) is 10.3 Å². The molecule has 0 aliphatic rings. The molecule has 2 rings (SSSR count). The summed E-state index contributed by atoms with van der Waals surface area (Å²) < 4.78 is 4.57. The maximum Gasteiger partial charge on any atom is 0.357 e. The van der Waals surface area contributed by atoms with E-state index in [1.807, 2.05) is 0 Å². The first-order valence-corrected chi connectivity index (χ1v) is 6.90. The number of carbonyl (C=O) groups is 2. The highest BCUT2D eigenvalue weighted by Gasteiger charge is 2.10. The average Bonchev–Trinajstić information content (AvgIpc) is 2.96. The molecule has 21 heavy (non-hydrogen) atoms. The highest BCUT2D eigenvalue weighted by atomic mass is 32.1. The smallest absolute Gasteiger partial charge is 0.357 e. The lowest BCUT2D eigenvalue weighted by Crippen LogP contribution is -2.30. The molecule has 8 nitrogen and oxygen atoms in total. The third-order valence-corrected chi connectivity index (χ3v) is 3.28. The Morgan fingerprint density at radius 3 is 2.95 bits per heavy atom. The Labute approximate surface area is 124 Å². The van der Waals surface area contributed by atoms with Crippen LogP contribution in [0.2, 0.25) is 0 Å². The van der Waals surface area contributed by atoms with Gasteiger partial charge >= 0.3 is 12.0 Å². The predicted octanol–water partition coefficient (Wildman–Crippen LogP) is 1.08. The molecule has 0 saturated heterocycles. The second-order valence-electron chi connectivity index (χ2n) is 3.84. The lowest BCUT2D eigenvalue weighted by atomic mass is 10.4. The van der Waals surface area contributed by atoms with Crippen LogP contribution in [0.1, 0.15) is 15.5 Å². The zero-order valence-electron chi connectivity index (χ0n) is 11.2. The quantitative estimate of drug-likeness (QED) is 0.801. The maximum absolute atomic E-state index is 11.6. The van der Waals surface area contributed by atoms with Crippen LogP contribution in [-0.4, -0.2) is 40.6 Å². The van der Waals surface area contributed by atoms with Crippen LogP contribution in [0.4, 0.5) is 10.6 Å². The van der Waals surface area contributed by atoms with E-state index in [0.29, 0.717) is 18.8 Å². The van der Waals surface area contributed by atoms with Gasteiger partial charge < -0.3 is 10.1 Å². The molecule has 0 atom stereocenters. The minimum Gasteiger partial charge on any atom is -0.464 e. The molecule has 9 heteroatoms. The van der Waals surface area contributed by atoms with Crippen molar-refractivity contribution in [3.63, 3.8) is 0 Å². The van der Waals surface area contributed by atoms with Gasteiger partial charge in [-0.15, -0.1) is 11.3 Å². The summed E-state index contributed by atoms with van der Waals surface area (Å²) in [7, 11) is 1.31. The van der Waals surface area contributed by atoms with Gasteiger partial charge in [-0.25, -0.2) is 19.6 Å². The second kappa shape index (κ2) is 7.29. The molecule has 0 bridgehead atoms. The number of methoxy groups -OCH3 is 1. The van der Waals surface area contributed by atoms with Crippen LogP contribution in [0.3, 0.4) is 0 Å². The van der Waals surface area contributed by atoms with Crippen LogP contribution in [-0.2, 0) is 11.2 Å². The van der Waals surface area contributed by atoms with Crippen LogP contribution in [0.15, 0.2) is 24.0 Å². The third kappa shape index (κ3) is 4.49. The second-order valence-corrected chi connectivity index (χ2v) is 4.78. The van der Waals surface area contributed by atoms with Crippen molar-refractivity contribution in [1.29, 1.82) is 0 Å². The molecule has 2 aromatic rings. The summed E-state index contributed by atoms with van der Waals surface area (Å²) in [6, 6.07) is -0.375. The number of nitrogens with one attached hydrogen (secondary N) is 2. The summed E-state index contributed by atoms with van der Waals surface area (Å²) in [6.45, 7) is 0.389. The van der Waals surface area contributed by atoms with Crippen molar-refractivity contribution < 1.29 is 14.3 Å². The van der Waals surface area contributed by atoms with Crippen molar-refractivity contribution in [1.82, 2.24) is 20.3 Å². The fourth-order valence-corrected chi connectivity index (χ4v) is 2.20. The van der Waals surface area contributed by atoms with E-state index in [9.17, 15) is 9.59 Å². The summed E-state index contributed by atoms with van der Waals surface area (Å²) in [5.41, 5.74) is 0.279. The number of hydrogen-bond acceptors (Lipinski definition) is 7. The Bertz CT molecular complexity index is 616. The number of rotatable bonds is 5. The number of esters is 1. The molecule has 0 spiro atoms. The molecule has 2 heterocycles. The Morgan fingerprint density at radius 1 is 1.38 bits per heavy atom. The van der Waals surface area contributed by atoms with Crippen molar-refractivity contribution >= 4 is 29.2 Å². The zero-order chi connectivity index (χ0) is 15.1. The molecule has 110 valence electrons. The van der Waals surface area contributed by atoms with Crippen LogP contribution < -0.4 is 10.6 Å². The molecule has 0 aliphatic carbocycles. The van der Waals surface area contributed by atoms with Gasteiger partial charge in [0.1, 0.15) is 0 Å². The molecule has 0 fully saturated rings. The van der Waals surface area contributed by atoms with Gasteiger partial charge in [0.25, 0.3) is 0 Å². The summed E-state index contributed by atoms with van der Waals surface area (Å²) in [5.74, 6) is -0.0944. The first kappa shape index (κ1) is 14.9. The van der Waals surface area contributed by atoms with Gasteiger partial charge in [0.2, 0.25) is 0 Å². The van der Waals surface area contributed by atoms with E-state index >= 15 is 0 Å². The maximum atomic E-state index is 11.6. The largest absolute Gasteiger partial charge is 0.464 e. The highest BCUT2D eigenvalue weighted by Crippen LogP contribution is 2.10. The van der Waals surface area contributed by atoms with Crippen LogP contribution in [0.25, 0.3) is 0 Å². The van der Waals surface area contributed by atoms with Crippen LogP contribution in [0, 0.1) is 0 Å². The van der Waals surface area contributed by atoms with Crippen molar-refractivity contribution in [3.8, 4) is 0 Å². The normalized spacial score (nSPS) is 9.95. The van der Waals surface area contributed by atoms with Crippen LogP contribution in [0.5, 0.6) is 0 Å². The molecule has 0 radical (unpaired) electrons. The Kier molecular flexibility index (Phi) is 5.16. The lowest BCUT2D eigenvalue weighted by Gasteiger charge is -2.05. The van der Waals surface area contributed by atoms with Crippen molar-refractivity contribution in [2.45, 2.75) is 6.42 Å². The number of ether oxygens (including phenoxy) is 1. The first-order valence-electron chi connectivity index (χ1n) is 6.02. The minimum absolute atomic E-state index is 0.279. The Balaban J connectivity index is 1.75. The first-order chi connectivity index (χ1) is 10.2. The number of aromatic nitrogens is 3. The number of thiazole rings is 1. The fourth-order valence-electron chi connectivity index (χ4n) is 1.43. The number of anilines is 1. The average molecular weight is 307 g/mol. The SMILES string of the molecule is COC(=O)c1csc(CCNC(=O)Nc2cnccn2)n1. The lowest BCUT2D eigenvalue weighted by molar-refractivity contribution is 0.0594. The van der Waals surface area contributed by atoms with E-state index < -0.39 is 5.97 Å². The Morgan fingerprint density at radius 2 is 2.24 bits per heavy atom. The van der Waals surface area contributed by atoms with Crippen molar-refractivity contribution in [3.05, 3.63) is 34.7 Å². The van der Waals surface area contributed by atoms with E-state index in [1.54, 1.807) is 5.38 Å². The molecule has 2 N–H and O–H groups in total. The molecule has 0 saturated carbocycles. The minimum atomic E-state index is -0.467. The summed E-state index contributed by atoms with van der Waals surface area (Å²) >= 11 is 1.34. The highest BCUT2D eigenvalue weighted by molar-refractivity contribution is 7.09. The Hall–Kier alpha value is -2.55. The van der Waals surface area contributed by atoms with E-state index in [-0.39, 0.29) is 11.7 Å². The monoisotopic (exact) mass is 307 g/mol. The number of amides is 2. The van der Waals surface area contributed by atoms with Gasteiger partial charge in [0.15, 0.2) is 11.5 Å². The summed E-state index contributed by atoms with van der Waals surface area (Å²) in [5, 5.41) is 7.58. The standard InChI is InChI=1S/C12H13N5O3S/c1-20-11(18)8-7-21-10(16-8)2-3-15-12(19)17-9-6-13-4-5-14-9/h4-7H,2-3H2,1H3,(H2,14,15,17,19). The molecular weight excluding hydrogens is 294 g/mol. The van der Waals surface area contributed by atoms with Gasteiger partial charge in [0, 0.05) is 30.7 Å². The van der Waals surface area contributed by atoms with E-state index in [4.69, 9.17) is 0 Å². The molecule has 0 unspecified atom stereocenters. The molecule has 0 aliphatic heterocycles. The van der Waals surface area contributed by atoms with E-state index in [2.05, 4.69) is 30.3 Å². The molecule has 2 amide bonds. The van der Waals surface area contributed by atoms with Gasteiger partial charge in [-0.2, -0.15) is 0 Å². The van der Waals surface area contributed by atoms with Crippen molar-refractivity contribution in [2.24, 2.45) is 0 Å². The third-order valence-electron chi connectivity index (χ3n) is 2.38. The predicted molar refractivity (Wildman–Crippen MR) is 76.2 cm³/mol. The van der Waals surface area contributed by atoms with Gasteiger partial charge in [0.05, 0.1) is 18.3 Å². The number of urea groups is 1. The topological polar surface area (TPSA) is 106 Å². The molecule has 0 aromatic carbocycles. The van der Waals surface area contributed by atoms with Gasteiger partial charge in [-0.1, -0.05) is 0 Å². The molecular formula is C12H13N5O3S. The number of nitrogens with zero attached hydrogens (tertiary/aromatic N) is 3. The van der Waals surface area contributed by atoms with Crippen LogP contribution >= 0.6 is 11.3 Å².